The summed E-state index contributed by atoms with van der Waals surface area (Å²) in [4.78, 5) is 35.7. The zero-order valence-corrected chi connectivity index (χ0v) is 16.6. The number of carbonyl (C=O) groups is 2. The predicted molar refractivity (Wildman–Crippen MR) is 107 cm³/mol. The van der Waals surface area contributed by atoms with Crippen molar-refractivity contribution in [3.8, 4) is 5.75 Å². The van der Waals surface area contributed by atoms with Gasteiger partial charge in [0.15, 0.2) is 6.10 Å². The summed E-state index contributed by atoms with van der Waals surface area (Å²) in [6, 6.07) is 4.21. The van der Waals surface area contributed by atoms with E-state index >= 15 is 0 Å². The second-order valence-electron chi connectivity index (χ2n) is 6.80. The van der Waals surface area contributed by atoms with E-state index in [0.29, 0.717) is 23.5 Å². The molecule has 2 aromatic rings. The van der Waals surface area contributed by atoms with Gasteiger partial charge in [-0.1, -0.05) is 0 Å². The van der Waals surface area contributed by atoms with E-state index in [1.807, 2.05) is 12.3 Å². The Morgan fingerprint density at radius 3 is 2.79 bits per heavy atom. The van der Waals surface area contributed by atoms with Crippen LogP contribution in [0, 0.1) is 0 Å². The lowest BCUT2D eigenvalue weighted by molar-refractivity contribution is -0.142. The van der Waals surface area contributed by atoms with Crippen LogP contribution in [0.1, 0.15) is 30.9 Å². The number of carboxylic acids is 1. The molecule has 0 spiro atoms. The number of benzene rings is 1. The summed E-state index contributed by atoms with van der Waals surface area (Å²) in [6.45, 7) is 1.55. The van der Waals surface area contributed by atoms with Crippen LogP contribution < -0.4 is 15.7 Å². The Labute approximate surface area is 166 Å². The van der Waals surface area contributed by atoms with Crippen LogP contribution in [-0.4, -0.2) is 41.1 Å². The molecule has 0 saturated heterocycles. The highest BCUT2D eigenvalue weighted by molar-refractivity contribution is 7.98. The normalized spacial score (nSPS) is 15.1. The molecule has 0 radical (unpaired) electrons. The van der Waals surface area contributed by atoms with Gasteiger partial charge in [0, 0.05) is 17.0 Å². The van der Waals surface area contributed by atoms with Crippen molar-refractivity contribution in [3.05, 3.63) is 39.7 Å². The van der Waals surface area contributed by atoms with Crippen LogP contribution in [0.25, 0.3) is 11.0 Å². The SMILES string of the molecule is CSCC[C@H](NC(=O)C(C)Oc1ccc2c3c(c(=O)oc2c1)CCC3)C(=O)O. The molecular weight excluding hydrogens is 382 g/mol. The van der Waals surface area contributed by atoms with E-state index < -0.39 is 24.0 Å². The van der Waals surface area contributed by atoms with E-state index in [9.17, 15) is 19.5 Å². The summed E-state index contributed by atoms with van der Waals surface area (Å²) < 4.78 is 11.1. The van der Waals surface area contributed by atoms with Crippen LogP contribution >= 0.6 is 11.8 Å². The van der Waals surface area contributed by atoms with Crippen molar-refractivity contribution in [1.82, 2.24) is 5.32 Å². The molecule has 0 bridgehead atoms. The fourth-order valence-corrected chi connectivity index (χ4v) is 3.85. The standard InChI is InChI=1S/C20H23NO6S/c1-11(18(22)21-16(19(23)24)8-9-28-2)26-12-6-7-14-13-4-3-5-15(13)20(25)27-17(14)10-12/h6-7,10-11,16H,3-5,8-9H2,1-2H3,(H,21,22)(H,23,24)/t11?,16-/m0/s1. The van der Waals surface area contributed by atoms with Crippen molar-refractivity contribution in [2.75, 3.05) is 12.0 Å². The Kier molecular flexibility index (Phi) is 6.28. The third-order valence-electron chi connectivity index (χ3n) is 4.85. The van der Waals surface area contributed by atoms with Crippen LogP contribution in [0.3, 0.4) is 0 Å². The minimum atomic E-state index is -1.07. The van der Waals surface area contributed by atoms with Gasteiger partial charge in [0.2, 0.25) is 0 Å². The zero-order chi connectivity index (χ0) is 20.3. The molecule has 7 nitrogen and oxygen atoms in total. The quantitative estimate of drug-likeness (QED) is 0.650. The second-order valence-corrected chi connectivity index (χ2v) is 7.78. The average molecular weight is 405 g/mol. The van der Waals surface area contributed by atoms with Crippen molar-refractivity contribution in [3.63, 3.8) is 0 Å². The molecule has 1 heterocycles. The highest BCUT2D eigenvalue weighted by Gasteiger charge is 2.24. The van der Waals surface area contributed by atoms with Crippen molar-refractivity contribution < 1.29 is 23.8 Å². The molecule has 2 atom stereocenters. The first-order valence-electron chi connectivity index (χ1n) is 9.18. The Balaban J connectivity index is 1.73. The van der Waals surface area contributed by atoms with E-state index in [2.05, 4.69) is 5.32 Å². The van der Waals surface area contributed by atoms with Crippen LogP contribution in [0.15, 0.2) is 27.4 Å². The Bertz CT molecular complexity index is 954. The third-order valence-corrected chi connectivity index (χ3v) is 5.50. The number of carbonyl (C=O) groups excluding carboxylic acids is 1. The maximum Gasteiger partial charge on any atom is 0.339 e. The van der Waals surface area contributed by atoms with Crippen molar-refractivity contribution in [1.29, 1.82) is 0 Å². The molecule has 0 aliphatic heterocycles. The first-order valence-corrected chi connectivity index (χ1v) is 10.6. The van der Waals surface area contributed by atoms with E-state index in [1.54, 1.807) is 19.1 Å². The number of ether oxygens (including phenoxy) is 1. The number of carboxylic acid groups (broad SMARTS) is 1. The maximum atomic E-state index is 12.3. The molecule has 150 valence electrons. The summed E-state index contributed by atoms with van der Waals surface area (Å²) in [6.07, 6.45) is 3.85. The van der Waals surface area contributed by atoms with Gasteiger partial charge in [-0.25, -0.2) is 9.59 Å². The zero-order valence-electron chi connectivity index (χ0n) is 15.8. The van der Waals surface area contributed by atoms with Gasteiger partial charge in [0.05, 0.1) is 0 Å². The van der Waals surface area contributed by atoms with Crippen LogP contribution in [0.5, 0.6) is 5.75 Å². The summed E-state index contributed by atoms with van der Waals surface area (Å²) >= 11 is 1.51. The molecule has 1 aliphatic rings. The van der Waals surface area contributed by atoms with Crippen LogP contribution in [0.2, 0.25) is 0 Å². The van der Waals surface area contributed by atoms with Gasteiger partial charge >= 0.3 is 11.6 Å². The number of thioether (sulfide) groups is 1. The third kappa shape index (κ3) is 4.32. The summed E-state index contributed by atoms with van der Waals surface area (Å²) in [7, 11) is 0. The van der Waals surface area contributed by atoms with E-state index in [4.69, 9.17) is 9.15 Å². The number of aryl methyl sites for hydroxylation is 1. The molecule has 1 aromatic heterocycles. The van der Waals surface area contributed by atoms with Gasteiger partial charge in [-0.2, -0.15) is 11.8 Å². The fraction of sp³-hybridized carbons (Fsp3) is 0.450. The minimum absolute atomic E-state index is 0.318. The molecule has 0 fully saturated rings. The number of rotatable bonds is 8. The lowest BCUT2D eigenvalue weighted by Gasteiger charge is -2.19. The van der Waals surface area contributed by atoms with Crippen molar-refractivity contribution >= 4 is 34.6 Å². The van der Waals surface area contributed by atoms with Gasteiger partial charge in [0.25, 0.3) is 5.91 Å². The second kappa shape index (κ2) is 8.68. The van der Waals surface area contributed by atoms with Gasteiger partial charge < -0.3 is 19.6 Å². The van der Waals surface area contributed by atoms with Gasteiger partial charge in [-0.15, -0.1) is 0 Å². The molecule has 3 rings (SSSR count). The number of hydrogen-bond acceptors (Lipinski definition) is 6. The first kappa shape index (κ1) is 20.3. The maximum absolute atomic E-state index is 12.3. The molecular formula is C20H23NO6S. The molecule has 0 saturated carbocycles. The summed E-state index contributed by atoms with van der Waals surface area (Å²) in [5, 5.41) is 12.6. The van der Waals surface area contributed by atoms with E-state index in [0.717, 1.165) is 35.8 Å². The first-order chi connectivity index (χ1) is 13.4. The fourth-order valence-electron chi connectivity index (χ4n) is 3.38. The highest BCUT2D eigenvalue weighted by atomic mass is 32.2. The summed E-state index contributed by atoms with van der Waals surface area (Å²) in [5.41, 5.74) is 1.89. The Hall–Kier alpha value is -2.48. The van der Waals surface area contributed by atoms with Crippen molar-refractivity contribution in [2.45, 2.75) is 44.8 Å². The van der Waals surface area contributed by atoms with Gasteiger partial charge in [0.1, 0.15) is 17.4 Å². The average Bonchev–Trinajstić information content (AvgIpc) is 3.15. The highest BCUT2D eigenvalue weighted by Crippen LogP contribution is 2.29. The number of aliphatic carboxylic acids is 1. The molecule has 28 heavy (non-hydrogen) atoms. The molecule has 1 unspecified atom stereocenters. The molecule has 1 amide bonds. The lowest BCUT2D eigenvalue weighted by atomic mass is 10.1. The topological polar surface area (TPSA) is 106 Å². The predicted octanol–water partition coefficient (Wildman–Crippen LogP) is 2.37. The number of amides is 1. The number of fused-ring (bicyclic) bond motifs is 3. The lowest BCUT2D eigenvalue weighted by Crippen LogP contribution is -2.46. The molecule has 8 heteroatoms. The van der Waals surface area contributed by atoms with Gasteiger partial charge in [-0.3, -0.25) is 4.79 Å². The van der Waals surface area contributed by atoms with E-state index in [1.165, 1.54) is 11.8 Å². The number of nitrogens with one attached hydrogen (secondary N) is 1. The monoisotopic (exact) mass is 405 g/mol. The Morgan fingerprint density at radius 1 is 1.32 bits per heavy atom. The summed E-state index contributed by atoms with van der Waals surface area (Å²) in [5.74, 6) is -0.576. The molecule has 1 aromatic carbocycles. The van der Waals surface area contributed by atoms with Gasteiger partial charge in [-0.05, 0) is 62.3 Å². The van der Waals surface area contributed by atoms with Crippen LogP contribution in [0.4, 0.5) is 0 Å². The van der Waals surface area contributed by atoms with E-state index in [-0.39, 0.29) is 5.63 Å². The molecule has 2 N–H and O–H groups in total. The Morgan fingerprint density at radius 2 is 2.07 bits per heavy atom. The molecule has 1 aliphatic carbocycles. The number of hydrogen-bond donors (Lipinski definition) is 2. The van der Waals surface area contributed by atoms with Crippen LogP contribution in [-0.2, 0) is 22.4 Å². The largest absolute Gasteiger partial charge is 0.481 e. The minimum Gasteiger partial charge on any atom is -0.481 e. The smallest absolute Gasteiger partial charge is 0.339 e. The van der Waals surface area contributed by atoms with Crippen molar-refractivity contribution in [2.24, 2.45) is 0 Å².